The highest BCUT2D eigenvalue weighted by Crippen LogP contribution is 2.29. The average Bonchev–Trinajstić information content (AvgIpc) is 2.67. The SMILES string of the molecule is FC(F)(F)c1nc(C2C=[C]C=CC2)no1. The molecule has 0 spiro atoms. The number of hydrogen-bond donors (Lipinski definition) is 0. The molecule has 0 saturated carbocycles. The molecule has 1 aliphatic rings. The zero-order valence-electron chi connectivity index (χ0n) is 7.45. The van der Waals surface area contributed by atoms with Gasteiger partial charge in [0.2, 0.25) is 0 Å². The van der Waals surface area contributed by atoms with Crippen molar-refractivity contribution >= 4 is 0 Å². The Balaban J connectivity index is 2.20. The summed E-state index contributed by atoms with van der Waals surface area (Å²) in [6, 6.07) is 0. The summed E-state index contributed by atoms with van der Waals surface area (Å²) in [4.78, 5) is 3.30. The molecule has 0 amide bonds. The van der Waals surface area contributed by atoms with Gasteiger partial charge in [-0.15, -0.1) is 0 Å². The minimum Gasteiger partial charge on any atom is -0.329 e. The second kappa shape index (κ2) is 3.52. The Morgan fingerprint density at radius 1 is 1.47 bits per heavy atom. The Morgan fingerprint density at radius 3 is 2.80 bits per heavy atom. The van der Waals surface area contributed by atoms with E-state index in [2.05, 4.69) is 20.7 Å². The van der Waals surface area contributed by atoms with Gasteiger partial charge in [0.25, 0.3) is 0 Å². The van der Waals surface area contributed by atoms with Crippen molar-refractivity contribution in [2.24, 2.45) is 0 Å². The van der Waals surface area contributed by atoms with Crippen LogP contribution in [-0.4, -0.2) is 10.1 Å². The summed E-state index contributed by atoms with van der Waals surface area (Å²) < 4.78 is 40.5. The average molecular weight is 215 g/mol. The van der Waals surface area contributed by atoms with E-state index in [1.807, 2.05) is 0 Å². The van der Waals surface area contributed by atoms with Gasteiger partial charge in [-0.05, 0) is 12.5 Å². The Kier molecular flexibility index (Phi) is 2.34. The standard InChI is InChI=1S/C9H6F3N2O/c10-9(11,12)8-13-7(14-15-8)6-4-2-1-3-5-6/h1-2,5-6H,4H2. The molecule has 1 heterocycles. The van der Waals surface area contributed by atoms with Crippen molar-refractivity contribution in [2.45, 2.75) is 18.5 Å². The highest BCUT2D eigenvalue weighted by Gasteiger charge is 2.38. The summed E-state index contributed by atoms with van der Waals surface area (Å²) >= 11 is 0. The molecule has 1 aromatic rings. The predicted molar refractivity (Wildman–Crippen MR) is 43.6 cm³/mol. The molecular weight excluding hydrogens is 209 g/mol. The van der Waals surface area contributed by atoms with Crippen molar-refractivity contribution in [3.63, 3.8) is 0 Å². The molecule has 0 aromatic carbocycles. The normalized spacial score (nSPS) is 20.9. The molecule has 3 nitrogen and oxygen atoms in total. The summed E-state index contributed by atoms with van der Waals surface area (Å²) in [7, 11) is 0. The van der Waals surface area contributed by atoms with Crippen molar-refractivity contribution in [3.05, 3.63) is 36.0 Å². The Morgan fingerprint density at radius 2 is 2.27 bits per heavy atom. The van der Waals surface area contributed by atoms with Gasteiger partial charge in [-0.25, -0.2) is 0 Å². The first-order valence-electron chi connectivity index (χ1n) is 4.22. The van der Waals surface area contributed by atoms with E-state index in [4.69, 9.17) is 0 Å². The lowest BCUT2D eigenvalue weighted by molar-refractivity contribution is -0.159. The molecule has 79 valence electrons. The molecule has 1 unspecified atom stereocenters. The van der Waals surface area contributed by atoms with E-state index in [0.717, 1.165) is 0 Å². The number of allylic oxidation sites excluding steroid dienone is 4. The van der Waals surface area contributed by atoms with Crippen molar-refractivity contribution in [2.75, 3.05) is 0 Å². The van der Waals surface area contributed by atoms with Gasteiger partial charge >= 0.3 is 12.1 Å². The molecule has 1 aromatic heterocycles. The van der Waals surface area contributed by atoms with Gasteiger partial charge in [0.15, 0.2) is 5.82 Å². The van der Waals surface area contributed by atoms with Crippen molar-refractivity contribution in [3.8, 4) is 0 Å². The first-order valence-corrected chi connectivity index (χ1v) is 4.22. The van der Waals surface area contributed by atoms with Gasteiger partial charge in [-0.3, -0.25) is 0 Å². The highest BCUT2D eigenvalue weighted by molar-refractivity contribution is 5.15. The minimum atomic E-state index is -4.58. The second-order valence-electron chi connectivity index (χ2n) is 3.03. The Labute approximate surface area is 83.3 Å². The van der Waals surface area contributed by atoms with E-state index in [1.165, 1.54) is 0 Å². The largest absolute Gasteiger partial charge is 0.471 e. The topological polar surface area (TPSA) is 38.9 Å². The summed E-state index contributed by atoms with van der Waals surface area (Å²) in [5.74, 6) is -1.55. The number of rotatable bonds is 1. The lowest BCUT2D eigenvalue weighted by Crippen LogP contribution is -2.06. The molecule has 1 radical (unpaired) electrons. The van der Waals surface area contributed by atoms with E-state index in [9.17, 15) is 13.2 Å². The molecule has 0 bridgehead atoms. The second-order valence-corrected chi connectivity index (χ2v) is 3.03. The van der Waals surface area contributed by atoms with Gasteiger partial charge in [0.05, 0.1) is 0 Å². The van der Waals surface area contributed by atoms with E-state index in [1.54, 1.807) is 18.2 Å². The number of aromatic nitrogens is 2. The fourth-order valence-corrected chi connectivity index (χ4v) is 1.20. The van der Waals surface area contributed by atoms with E-state index in [-0.39, 0.29) is 11.7 Å². The fourth-order valence-electron chi connectivity index (χ4n) is 1.20. The lowest BCUT2D eigenvalue weighted by Gasteiger charge is -2.06. The minimum absolute atomic E-state index is 0.0409. The lowest BCUT2D eigenvalue weighted by atomic mass is 10.0. The van der Waals surface area contributed by atoms with Crippen LogP contribution in [-0.2, 0) is 6.18 Å². The van der Waals surface area contributed by atoms with Crippen LogP contribution in [0.25, 0.3) is 0 Å². The van der Waals surface area contributed by atoms with E-state index in [0.29, 0.717) is 6.42 Å². The molecular formula is C9H6F3N2O. The molecule has 0 N–H and O–H groups in total. The van der Waals surface area contributed by atoms with Gasteiger partial charge in [0.1, 0.15) is 0 Å². The van der Waals surface area contributed by atoms with Crippen molar-refractivity contribution in [1.82, 2.24) is 10.1 Å². The summed E-state index contributed by atoms with van der Waals surface area (Å²) in [5, 5.41) is 3.30. The molecule has 1 aliphatic carbocycles. The molecule has 15 heavy (non-hydrogen) atoms. The van der Waals surface area contributed by atoms with E-state index >= 15 is 0 Å². The van der Waals surface area contributed by atoms with Crippen LogP contribution in [0.3, 0.4) is 0 Å². The monoisotopic (exact) mass is 215 g/mol. The molecule has 6 heteroatoms. The van der Waals surface area contributed by atoms with E-state index < -0.39 is 12.1 Å². The zero-order valence-corrected chi connectivity index (χ0v) is 7.45. The predicted octanol–water partition coefficient (Wildman–Crippen LogP) is 2.49. The number of hydrogen-bond acceptors (Lipinski definition) is 3. The molecule has 0 saturated heterocycles. The first kappa shape index (κ1) is 9.95. The number of nitrogens with zero attached hydrogens (tertiary/aromatic N) is 2. The zero-order chi connectivity index (χ0) is 10.9. The van der Waals surface area contributed by atoms with Crippen LogP contribution >= 0.6 is 0 Å². The quantitative estimate of drug-likeness (QED) is 0.722. The molecule has 2 rings (SSSR count). The smallest absolute Gasteiger partial charge is 0.329 e. The number of halogens is 3. The Hall–Kier alpha value is -1.59. The van der Waals surface area contributed by atoms with Crippen LogP contribution in [0.4, 0.5) is 13.2 Å². The van der Waals surface area contributed by atoms with Crippen LogP contribution in [0.5, 0.6) is 0 Å². The van der Waals surface area contributed by atoms with Crippen LogP contribution in [0, 0.1) is 6.08 Å². The van der Waals surface area contributed by atoms with Crippen LogP contribution in [0.15, 0.2) is 22.8 Å². The van der Waals surface area contributed by atoms with Crippen molar-refractivity contribution < 1.29 is 17.7 Å². The summed E-state index contributed by atoms with van der Waals surface area (Å²) in [6.45, 7) is 0. The maximum atomic E-state index is 12.1. The van der Waals surface area contributed by atoms with Crippen LogP contribution < -0.4 is 0 Å². The molecule has 0 aliphatic heterocycles. The van der Waals surface area contributed by atoms with Crippen LogP contribution in [0.1, 0.15) is 24.1 Å². The fraction of sp³-hybridized carbons (Fsp3) is 0.333. The van der Waals surface area contributed by atoms with Gasteiger partial charge in [-0.1, -0.05) is 23.4 Å². The van der Waals surface area contributed by atoms with Crippen molar-refractivity contribution in [1.29, 1.82) is 0 Å². The van der Waals surface area contributed by atoms with Crippen LogP contribution in [0.2, 0.25) is 0 Å². The first-order chi connectivity index (χ1) is 7.07. The third-order valence-electron chi connectivity index (χ3n) is 1.92. The highest BCUT2D eigenvalue weighted by atomic mass is 19.4. The molecule has 0 fully saturated rings. The summed E-state index contributed by atoms with van der Waals surface area (Å²) in [5.41, 5.74) is 0. The van der Waals surface area contributed by atoms with Gasteiger partial charge in [-0.2, -0.15) is 18.2 Å². The third kappa shape index (κ3) is 2.08. The maximum absolute atomic E-state index is 12.1. The maximum Gasteiger partial charge on any atom is 0.471 e. The van der Waals surface area contributed by atoms with Gasteiger partial charge in [0, 0.05) is 5.92 Å². The molecule has 1 atom stereocenters. The third-order valence-corrected chi connectivity index (χ3v) is 1.92. The van der Waals surface area contributed by atoms with Gasteiger partial charge < -0.3 is 4.52 Å². The summed E-state index contributed by atoms with van der Waals surface area (Å²) in [6.07, 6.45) is 3.85. The Bertz CT molecular complexity index is 406. The number of alkyl halides is 3.